The van der Waals surface area contributed by atoms with Gasteiger partial charge in [0.1, 0.15) is 0 Å². The zero-order valence-corrected chi connectivity index (χ0v) is 13.5. The highest BCUT2D eigenvalue weighted by Crippen LogP contribution is 2.12. The van der Waals surface area contributed by atoms with Gasteiger partial charge in [-0.1, -0.05) is 20.4 Å². The molecule has 3 N–H and O–H groups in total. The van der Waals surface area contributed by atoms with Crippen LogP contribution >= 0.6 is 0 Å². The van der Waals surface area contributed by atoms with Gasteiger partial charge in [-0.15, -0.1) is 0 Å². The SMILES string of the molecule is C=C(NC(C)(C)C)[C@@H](NCCCS(=O)(=O)O)C(C)C. The maximum atomic E-state index is 10.6. The summed E-state index contributed by atoms with van der Waals surface area (Å²) in [5.41, 5.74) is 0.842. The molecule has 0 aromatic rings. The van der Waals surface area contributed by atoms with E-state index in [0.717, 1.165) is 5.70 Å². The van der Waals surface area contributed by atoms with Gasteiger partial charge < -0.3 is 10.6 Å². The lowest BCUT2D eigenvalue weighted by molar-refractivity contribution is 0.383. The molecule has 19 heavy (non-hydrogen) atoms. The molecule has 0 unspecified atom stereocenters. The van der Waals surface area contributed by atoms with Crippen LogP contribution in [0.4, 0.5) is 0 Å². The molecule has 0 amide bonds. The van der Waals surface area contributed by atoms with Gasteiger partial charge in [0.2, 0.25) is 0 Å². The maximum absolute atomic E-state index is 10.6. The summed E-state index contributed by atoms with van der Waals surface area (Å²) in [6.07, 6.45) is 0.380. The van der Waals surface area contributed by atoms with Crippen molar-refractivity contribution in [3.63, 3.8) is 0 Å². The third-order valence-electron chi connectivity index (χ3n) is 2.52. The predicted octanol–water partition coefficient (Wildman–Crippen LogP) is 1.78. The van der Waals surface area contributed by atoms with Crippen LogP contribution in [0.25, 0.3) is 0 Å². The Morgan fingerprint density at radius 2 is 1.84 bits per heavy atom. The van der Waals surface area contributed by atoms with E-state index in [4.69, 9.17) is 4.55 Å². The Balaban J connectivity index is 4.31. The molecular formula is C13H28N2O3S. The number of hydrogen-bond donors (Lipinski definition) is 3. The summed E-state index contributed by atoms with van der Waals surface area (Å²) in [4.78, 5) is 0. The van der Waals surface area contributed by atoms with E-state index in [9.17, 15) is 8.42 Å². The van der Waals surface area contributed by atoms with Crippen LogP contribution in [0.15, 0.2) is 12.3 Å². The largest absolute Gasteiger partial charge is 0.383 e. The van der Waals surface area contributed by atoms with Gasteiger partial charge in [0.05, 0.1) is 5.75 Å². The van der Waals surface area contributed by atoms with Crippen LogP contribution in [0.2, 0.25) is 0 Å². The fourth-order valence-corrected chi connectivity index (χ4v) is 2.34. The first-order valence-corrected chi connectivity index (χ1v) is 8.19. The quantitative estimate of drug-likeness (QED) is 0.469. The van der Waals surface area contributed by atoms with Gasteiger partial charge in [0.25, 0.3) is 10.1 Å². The van der Waals surface area contributed by atoms with Gasteiger partial charge in [0, 0.05) is 17.3 Å². The molecule has 0 bridgehead atoms. The molecule has 0 radical (unpaired) electrons. The summed E-state index contributed by atoms with van der Waals surface area (Å²) >= 11 is 0. The van der Waals surface area contributed by atoms with Gasteiger partial charge in [-0.25, -0.2) is 0 Å². The summed E-state index contributed by atoms with van der Waals surface area (Å²) in [5.74, 6) is 0.123. The first-order chi connectivity index (χ1) is 8.42. The lowest BCUT2D eigenvalue weighted by Crippen LogP contribution is -2.46. The Bertz CT molecular complexity index is 383. The number of rotatable bonds is 8. The second kappa shape index (κ2) is 7.26. The van der Waals surface area contributed by atoms with E-state index in [0.29, 0.717) is 18.9 Å². The zero-order valence-electron chi connectivity index (χ0n) is 12.7. The van der Waals surface area contributed by atoms with E-state index in [1.165, 1.54) is 0 Å². The molecule has 0 spiro atoms. The monoisotopic (exact) mass is 292 g/mol. The van der Waals surface area contributed by atoms with Gasteiger partial charge in [-0.05, 0) is 39.7 Å². The van der Waals surface area contributed by atoms with Crippen molar-refractivity contribution in [1.82, 2.24) is 10.6 Å². The summed E-state index contributed by atoms with van der Waals surface area (Å²) in [6.45, 7) is 14.9. The van der Waals surface area contributed by atoms with Gasteiger partial charge in [0.15, 0.2) is 0 Å². The molecule has 0 aromatic heterocycles. The van der Waals surface area contributed by atoms with Gasteiger partial charge in [-0.3, -0.25) is 4.55 Å². The highest BCUT2D eigenvalue weighted by molar-refractivity contribution is 7.85. The van der Waals surface area contributed by atoms with Gasteiger partial charge >= 0.3 is 0 Å². The highest BCUT2D eigenvalue weighted by atomic mass is 32.2. The van der Waals surface area contributed by atoms with Crippen molar-refractivity contribution in [2.45, 2.75) is 52.6 Å². The lowest BCUT2D eigenvalue weighted by Gasteiger charge is -2.31. The van der Waals surface area contributed by atoms with E-state index in [1.54, 1.807) is 0 Å². The van der Waals surface area contributed by atoms with Crippen molar-refractivity contribution >= 4 is 10.1 Å². The highest BCUT2D eigenvalue weighted by Gasteiger charge is 2.20. The Morgan fingerprint density at radius 1 is 1.32 bits per heavy atom. The predicted molar refractivity (Wildman–Crippen MR) is 79.7 cm³/mol. The van der Waals surface area contributed by atoms with Crippen LogP contribution in [0, 0.1) is 5.92 Å². The van der Waals surface area contributed by atoms with E-state index in [-0.39, 0.29) is 17.3 Å². The van der Waals surface area contributed by atoms with Crippen LogP contribution in [0.1, 0.15) is 41.0 Å². The van der Waals surface area contributed by atoms with Crippen LogP contribution < -0.4 is 10.6 Å². The minimum Gasteiger partial charge on any atom is -0.383 e. The molecule has 0 aliphatic carbocycles. The summed E-state index contributed by atoms with van der Waals surface area (Å²) in [7, 11) is -3.87. The Labute approximate surface area is 117 Å². The minimum atomic E-state index is -3.87. The second-order valence-corrected chi connectivity index (χ2v) is 7.79. The molecule has 0 heterocycles. The Kier molecular flexibility index (Phi) is 7.04. The molecule has 0 saturated carbocycles. The van der Waals surface area contributed by atoms with Crippen LogP contribution in [0.5, 0.6) is 0 Å². The van der Waals surface area contributed by atoms with Gasteiger partial charge in [-0.2, -0.15) is 8.42 Å². The molecular weight excluding hydrogens is 264 g/mol. The Morgan fingerprint density at radius 3 is 2.21 bits per heavy atom. The van der Waals surface area contributed by atoms with E-state index < -0.39 is 10.1 Å². The van der Waals surface area contributed by atoms with Crippen molar-refractivity contribution in [2.24, 2.45) is 5.92 Å². The van der Waals surface area contributed by atoms with Crippen LogP contribution in [-0.2, 0) is 10.1 Å². The third-order valence-corrected chi connectivity index (χ3v) is 3.33. The lowest BCUT2D eigenvalue weighted by atomic mass is 9.99. The summed E-state index contributed by atoms with van der Waals surface area (Å²) in [6, 6.07) is 0.0700. The molecule has 6 heteroatoms. The molecule has 0 fully saturated rings. The van der Waals surface area contributed by atoms with Crippen LogP contribution in [-0.4, -0.2) is 36.8 Å². The van der Waals surface area contributed by atoms with E-state index in [1.807, 2.05) is 0 Å². The second-order valence-electron chi connectivity index (χ2n) is 6.22. The molecule has 114 valence electrons. The molecule has 0 saturated heterocycles. The topological polar surface area (TPSA) is 78.4 Å². The van der Waals surface area contributed by atoms with Crippen molar-refractivity contribution < 1.29 is 13.0 Å². The van der Waals surface area contributed by atoms with E-state index in [2.05, 4.69) is 51.8 Å². The molecule has 0 aliphatic rings. The average Bonchev–Trinajstić information content (AvgIpc) is 2.11. The maximum Gasteiger partial charge on any atom is 0.264 e. The normalized spacial score (nSPS) is 14.5. The van der Waals surface area contributed by atoms with Crippen molar-refractivity contribution in [3.05, 3.63) is 12.3 Å². The third kappa shape index (κ3) is 9.92. The first-order valence-electron chi connectivity index (χ1n) is 6.58. The fraction of sp³-hybridized carbons (Fsp3) is 0.846. The smallest absolute Gasteiger partial charge is 0.264 e. The Hall–Kier alpha value is -0.590. The van der Waals surface area contributed by atoms with Crippen molar-refractivity contribution in [3.8, 4) is 0 Å². The first kappa shape index (κ1) is 18.4. The van der Waals surface area contributed by atoms with Crippen molar-refractivity contribution in [1.29, 1.82) is 0 Å². The van der Waals surface area contributed by atoms with Crippen molar-refractivity contribution in [2.75, 3.05) is 12.3 Å². The standard InChI is InChI=1S/C13H28N2O3S/c1-10(2)12(11(3)15-13(4,5)6)14-8-7-9-19(16,17)18/h10,12,14-15H,3,7-9H2,1-2,4-6H3,(H,16,17,18)/t12-/m0/s1. The fourth-order valence-electron chi connectivity index (χ4n) is 1.83. The molecule has 0 rings (SSSR count). The molecule has 0 aromatic carbocycles. The number of nitrogens with one attached hydrogen (secondary N) is 2. The van der Waals surface area contributed by atoms with Crippen LogP contribution in [0.3, 0.4) is 0 Å². The number of hydrogen-bond acceptors (Lipinski definition) is 4. The molecule has 1 atom stereocenters. The average molecular weight is 292 g/mol. The molecule has 5 nitrogen and oxygen atoms in total. The molecule has 0 aliphatic heterocycles. The zero-order chi connectivity index (χ0) is 15.3. The van der Waals surface area contributed by atoms with E-state index >= 15 is 0 Å². The summed E-state index contributed by atoms with van der Waals surface area (Å²) < 4.78 is 29.9. The minimum absolute atomic E-state index is 0.0552. The summed E-state index contributed by atoms with van der Waals surface area (Å²) in [5, 5.41) is 6.61.